The zero-order valence-electron chi connectivity index (χ0n) is 11.5. The third-order valence-corrected chi connectivity index (χ3v) is 4.00. The molecule has 0 radical (unpaired) electrons. The van der Waals surface area contributed by atoms with Crippen molar-refractivity contribution in [2.75, 3.05) is 25.1 Å². The lowest BCUT2D eigenvalue weighted by molar-refractivity contribution is 0.0981. The number of hydrogen-bond donors (Lipinski definition) is 1. The Morgan fingerprint density at radius 2 is 2.32 bits per heavy atom. The van der Waals surface area contributed by atoms with E-state index in [2.05, 4.69) is 23.5 Å². The second-order valence-electron chi connectivity index (χ2n) is 5.44. The molecule has 0 saturated carbocycles. The van der Waals surface area contributed by atoms with Crippen molar-refractivity contribution < 1.29 is 9.47 Å². The Bertz CT molecular complexity index is 413. The average Bonchev–Trinajstić information content (AvgIpc) is 2.97. The Balaban J connectivity index is 1.49. The van der Waals surface area contributed by atoms with Crippen LogP contribution < -0.4 is 10.1 Å². The van der Waals surface area contributed by atoms with E-state index < -0.39 is 0 Å². The number of hydrogen-bond acceptors (Lipinski definition) is 3. The van der Waals surface area contributed by atoms with Gasteiger partial charge in [-0.1, -0.05) is 6.07 Å². The van der Waals surface area contributed by atoms with Gasteiger partial charge in [-0.25, -0.2) is 0 Å². The smallest absolute Gasteiger partial charge is 0.124 e. The molecular weight excluding hydrogens is 238 g/mol. The molecule has 2 aliphatic rings. The third kappa shape index (κ3) is 3.21. The van der Waals surface area contributed by atoms with Gasteiger partial charge in [-0.05, 0) is 50.7 Å². The molecule has 1 atom stereocenters. The molecule has 0 spiro atoms. The van der Waals surface area contributed by atoms with Gasteiger partial charge in [-0.2, -0.15) is 0 Å². The Labute approximate surface area is 115 Å². The summed E-state index contributed by atoms with van der Waals surface area (Å²) in [6.45, 7) is 2.83. The fraction of sp³-hybridized carbons (Fsp3) is 0.625. The lowest BCUT2D eigenvalue weighted by Gasteiger charge is -2.21. The van der Waals surface area contributed by atoms with Gasteiger partial charge in [0, 0.05) is 24.4 Å². The molecule has 0 aromatic heterocycles. The standard InChI is InChI=1S/C16H23NO2/c1-8-15-14(7-2-10-17-15)16(9-1)19-12-4-6-13-5-3-11-18-13/h1,8-9,13,17H,2-7,10-12H2. The molecule has 1 fully saturated rings. The highest BCUT2D eigenvalue weighted by Gasteiger charge is 2.16. The molecule has 3 nitrogen and oxygen atoms in total. The van der Waals surface area contributed by atoms with Crippen LogP contribution in [0.15, 0.2) is 18.2 Å². The van der Waals surface area contributed by atoms with Crippen LogP contribution in [0.4, 0.5) is 5.69 Å². The number of fused-ring (bicyclic) bond motifs is 1. The largest absolute Gasteiger partial charge is 0.493 e. The van der Waals surface area contributed by atoms with Gasteiger partial charge in [0.2, 0.25) is 0 Å². The van der Waals surface area contributed by atoms with Crippen molar-refractivity contribution >= 4 is 5.69 Å². The van der Waals surface area contributed by atoms with Crippen LogP contribution in [0.3, 0.4) is 0 Å². The minimum absolute atomic E-state index is 0.481. The number of anilines is 1. The van der Waals surface area contributed by atoms with Crippen molar-refractivity contribution in [1.82, 2.24) is 0 Å². The van der Waals surface area contributed by atoms with Crippen molar-refractivity contribution in [2.45, 2.75) is 44.6 Å². The van der Waals surface area contributed by atoms with Gasteiger partial charge < -0.3 is 14.8 Å². The van der Waals surface area contributed by atoms with E-state index in [0.717, 1.165) is 44.8 Å². The van der Waals surface area contributed by atoms with Crippen LogP contribution in [0.5, 0.6) is 5.75 Å². The van der Waals surface area contributed by atoms with Crippen LogP contribution >= 0.6 is 0 Å². The maximum absolute atomic E-state index is 5.97. The molecule has 2 heterocycles. The van der Waals surface area contributed by atoms with Gasteiger partial charge in [0.05, 0.1) is 12.7 Å². The van der Waals surface area contributed by atoms with Crippen LogP contribution in [0, 0.1) is 0 Å². The van der Waals surface area contributed by atoms with E-state index in [0.29, 0.717) is 6.10 Å². The third-order valence-electron chi connectivity index (χ3n) is 4.00. The molecule has 1 N–H and O–H groups in total. The lowest BCUT2D eigenvalue weighted by Crippen LogP contribution is -2.13. The fourth-order valence-corrected chi connectivity index (χ4v) is 2.98. The van der Waals surface area contributed by atoms with Crippen LogP contribution in [0.1, 0.15) is 37.7 Å². The van der Waals surface area contributed by atoms with E-state index in [-0.39, 0.29) is 0 Å². The minimum atomic E-state index is 0.481. The van der Waals surface area contributed by atoms with E-state index >= 15 is 0 Å². The number of rotatable bonds is 5. The molecule has 1 unspecified atom stereocenters. The van der Waals surface area contributed by atoms with Crippen LogP contribution in [-0.4, -0.2) is 25.9 Å². The summed E-state index contributed by atoms with van der Waals surface area (Å²) < 4.78 is 11.6. The first-order valence-electron chi connectivity index (χ1n) is 7.53. The first kappa shape index (κ1) is 12.8. The molecule has 0 amide bonds. The molecular formula is C16H23NO2. The van der Waals surface area contributed by atoms with E-state index in [1.807, 2.05) is 0 Å². The Morgan fingerprint density at radius 3 is 3.21 bits per heavy atom. The maximum atomic E-state index is 5.97. The monoisotopic (exact) mass is 261 g/mol. The van der Waals surface area contributed by atoms with Crippen molar-refractivity contribution in [1.29, 1.82) is 0 Å². The van der Waals surface area contributed by atoms with Gasteiger partial charge in [0.25, 0.3) is 0 Å². The summed E-state index contributed by atoms with van der Waals surface area (Å²) in [5, 5.41) is 3.44. The Hall–Kier alpha value is -1.22. The quantitative estimate of drug-likeness (QED) is 0.824. The van der Waals surface area contributed by atoms with Crippen molar-refractivity contribution in [3.8, 4) is 5.75 Å². The second-order valence-corrected chi connectivity index (χ2v) is 5.44. The molecule has 2 aliphatic heterocycles. The van der Waals surface area contributed by atoms with Crippen molar-refractivity contribution in [3.05, 3.63) is 23.8 Å². The molecule has 1 aromatic rings. The summed E-state index contributed by atoms with van der Waals surface area (Å²) in [7, 11) is 0. The van der Waals surface area contributed by atoms with Crippen LogP contribution in [0.2, 0.25) is 0 Å². The van der Waals surface area contributed by atoms with Crippen molar-refractivity contribution in [3.63, 3.8) is 0 Å². The van der Waals surface area contributed by atoms with E-state index in [9.17, 15) is 0 Å². The Morgan fingerprint density at radius 1 is 1.32 bits per heavy atom. The molecule has 1 aromatic carbocycles. The van der Waals surface area contributed by atoms with Crippen LogP contribution in [0.25, 0.3) is 0 Å². The summed E-state index contributed by atoms with van der Waals surface area (Å²) in [5.74, 6) is 1.07. The summed E-state index contributed by atoms with van der Waals surface area (Å²) in [6, 6.07) is 6.32. The molecule has 3 rings (SSSR count). The molecule has 3 heteroatoms. The SMILES string of the molecule is c1cc2c(c(OCCCC3CCCO3)c1)CCCN2. The predicted octanol–water partition coefficient (Wildman–Crippen LogP) is 3.38. The minimum Gasteiger partial charge on any atom is -0.493 e. The first-order chi connectivity index (χ1) is 9.43. The van der Waals surface area contributed by atoms with E-state index in [1.165, 1.54) is 30.5 Å². The predicted molar refractivity (Wildman–Crippen MR) is 77.0 cm³/mol. The summed E-state index contributed by atoms with van der Waals surface area (Å²) >= 11 is 0. The van der Waals surface area contributed by atoms with Crippen LogP contribution in [-0.2, 0) is 11.2 Å². The topological polar surface area (TPSA) is 30.5 Å². The van der Waals surface area contributed by atoms with Gasteiger partial charge >= 0.3 is 0 Å². The van der Waals surface area contributed by atoms with Crippen molar-refractivity contribution in [2.24, 2.45) is 0 Å². The summed E-state index contributed by atoms with van der Waals surface area (Å²) in [5.41, 5.74) is 2.61. The molecule has 1 saturated heterocycles. The first-order valence-corrected chi connectivity index (χ1v) is 7.53. The molecule has 104 valence electrons. The highest BCUT2D eigenvalue weighted by Crippen LogP contribution is 2.30. The second kappa shape index (κ2) is 6.29. The molecule has 0 bridgehead atoms. The number of nitrogens with one attached hydrogen (secondary N) is 1. The van der Waals surface area contributed by atoms with Gasteiger partial charge in [-0.3, -0.25) is 0 Å². The average molecular weight is 261 g/mol. The van der Waals surface area contributed by atoms with Gasteiger partial charge in [0.15, 0.2) is 0 Å². The molecule has 0 aliphatic carbocycles. The maximum Gasteiger partial charge on any atom is 0.124 e. The number of ether oxygens (including phenoxy) is 2. The lowest BCUT2D eigenvalue weighted by atomic mass is 10.0. The zero-order chi connectivity index (χ0) is 12.9. The zero-order valence-corrected chi connectivity index (χ0v) is 11.5. The summed E-state index contributed by atoms with van der Waals surface area (Å²) in [6.07, 6.45) is 7.48. The van der Waals surface area contributed by atoms with Gasteiger partial charge in [0.1, 0.15) is 5.75 Å². The highest BCUT2D eigenvalue weighted by atomic mass is 16.5. The fourth-order valence-electron chi connectivity index (χ4n) is 2.98. The van der Waals surface area contributed by atoms with Gasteiger partial charge in [-0.15, -0.1) is 0 Å². The summed E-state index contributed by atoms with van der Waals surface area (Å²) in [4.78, 5) is 0. The van der Waals surface area contributed by atoms with E-state index in [4.69, 9.17) is 9.47 Å². The Kier molecular flexibility index (Phi) is 4.23. The number of benzene rings is 1. The molecule has 19 heavy (non-hydrogen) atoms. The van der Waals surface area contributed by atoms with E-state index in [1.54, 1.807) is 0 Å². The highest BCUT2D eigenvalue weighted by molar-refractivity contribution is 5.59. The normalized spacial score (nSPS) is 21.8.